The van der Waals surface area contributed by atoms with E-state index in [0.29, 0.717) is 5.92 Å². The lowest BCUT2D eigenvalue weighted by molar-refractivity contribution is -0.106. The monoisotopic (exact) mass is 208 g/mol. The molecule has 0 saturated carbocycles. The normalized spacial score (nSPS) is 16.5. The lowest BCUT2D eigenvalue weighted by atomic mass is 9.91. The largest absolute Gasteiger partial charge is 0.372 e. The maximum Gasteiger partial charge on any atom is 0.204 e. The third-order valence-corrected chi connectivity index (χ3v) is 2.31. The first-order valence-electron chi connectivity index (χ1n) is 5.10. The van der Waals surface area contributed by atoms with Crippen molar-refractivity contribution in [2.75, 3.05) is 13.1 Å². The Hall–Kier alpha value is -1.35. The Kier molecular flexibility index (Phi) is 8.39. The molecule has 15 heavy (non-hydrogen) atoms. The summed E-state index contributed by atoms with van der Waals surface area (Å²) >= 11 is 0. The zero-order valence-corrected chi connectivity index (χ0v) is 9.11. The van der Waals surface area contributed by atoms with Gasteiger partial charge in [0.25, 0.3) is 0 Å². The first-order valence-corrected chi connectivity index (χ1v) is 5.10. The first-order chi connectivity index (χ1) is 7.26. The zero-order valence-electron chi connectivity index (χ0n) is 9.11. The van der Waals surface area contributed by atoms with Gasteiger partial charge in [0.05, 0.1) is 0 Å². The van der Waals surface area contributed by atoms with Gasteiger partial charge in [0.2, 0.25) is 6.41 Å². The van der Waals surface area contributed by atoms with Crippen LogP contribution in [-0.4, -0.2) is 19.5 Å². The summed E-state index contributed by atoms with van der Waals surface area (Å²) in [7, 11) is 0. The second-order valence-corrected chi connectivity index (χ2v) is 3.33. The highest BCUT2D eigenvalue weighted by molar-refractivity contribution is 5.42. The van der Waals surface area contributed by atoms with E-state index in [1.54, 1.807) is 6.08 Å². The molecule has 0 bridgehead atoms. The highest BCUT2D eigenvalue weighted by Gasteiger charge is 2.13. The Morgan fingerprint density at radius 1 is 1.40 bits per heavy atom. The van der Waals surface area contributed by atoms with Crippen molar-refractivity contribution in [2.45, 2.75) is 12.8 Å². The molecule has 0 atom stereocenters. The smallest absolute Gasteiger partial charge is 0.204 e. The molecule has 1 amide bonds. The number of carbonyl (C=O) groups is 1. The van der Waals surface area contributed by atoms with Crippen molar-refractivity contribution in [1.82, 2.24) is 5.32 Å². The number of nitrogens with two attached hydrogens (primary N) is 1. The molecule has 0 unspecified atom stereocenters. The van der Waals surface area contributed by atoms with Crippen LogP contribution in [0.1, 0.15) is 12.8 Å². The number of piperidine rings is 1. The van der Waals surface area contributed by atoms with Gasteiger partial charge < -0.3 is 11.1 Å². The Morgan fingerprint density at radius 3 is 2.40 bits per heavy atom. The maximum absolute atomic E-state index is 8.58. The van der Waals surface area contributed by atoms with Crippen LogP contribution in [-0.2, 0) is 4.79 Å². The maximum atomic E-state index is 8.58. The second-order valence-electron chi connectivity index (χ2n) is 3.33. The average Bonchev–Trinajstić information content (AvgIpc) is 2.28. The van der Waals surface area contributed by atoms with Crippen LogP contribution in [0.3, 0.4) is 0 Å². The predicted octanol–water partition coefficient (Wildman–Crippen LogP) is 1.39. The van der Waals surface area contributed by atoms with Gasteiger partial charge in [-0.15, -0.1) is 0 Å². The van der Waals surface area contributed by atoms with E-state index in [0.717, 1.165) is 13.1 Å². The fourth-order valence-corrected chi connectivity index (χ4v) is 1.52. The molecule has 1 rings (SSSR count). The van der Waals surface area contributed by atoms with E-state index >= 15 is 0 Å². The Labute approximate surface area is 91.7 Å². The van der Waals surface area contributed by atoms with Gasteiger partial charge in [-0.25, -0.2) is 0 Å². The SMILES string of the molecule is C=C/C=C\C(=C)C1CCNCC1.NC=O. The molecule has 0 aliphatic carbocycles. The van der Waals surface area contributed by atoms with E-state index in [1.165, 1.54) is 18.4 Å². The van der Waals surface area contributed by atoms with Crippen LogP contribution in [0.25, 0.3) is 0 Å². The van der Waals surface area contributed by atoms with Crippen LogP contribution in [0.2, 0.25) is 0 Å². The van der Waals surface area contributed by atoms with Crippen molar-refractivity contribution in [3.63, 3.8) is 0 Å². The molecule has 1 aliphatic rings. The number of hydrogen-bond acceptors (Lipinski definition) is 2. The molecular formula is C12H20N2O. The van der Waals surface area contributed by atoms with Crippen LogP contribution in [0.4, 0.5) is 0 Å². The van der Waals surface area contributed by atoms with Gasteiger partial charge in [-0.05, 0) is 31.8 Å². The molecule has 3 nitrogen and oxygen atoms in total. The number of allylic oxidation sites excluding steroid dienone is 4. The van der Waals surface area contributed by atoms with Gasteiger partial charge in [-0.1, -0.05) is 37.0 Å². The van der Waals surface area contributed by atoms with Gasteiger partial charge >= 0.3 is 0 Å². The zero-order chi connectivity index (χ0) is 11.5. The Morgan fingerprint density at radius 2 is 1.93 bits per heavy atom. The summed E-state index contributed by atoms with van der Waals surface area (Å²) in [5.41, 5.74) is 5.41. The number of primary amides is 1. The van der Waals surface area contributed by atoms with Gasteiger partial charge in [0.1, 0.15) is 0 Å². The van der Waals surface area contributed by atoms with Gasteiger partial charge in [0.15, 0.2) is 0 Å². The summed E-state index contributed by atoms with van der Waals surface area (Å²) in [4.78, 5) is 8.58. The highest BCUT2D eigenvalue weighted by Crippen LogP contribution is 2.20. The first kappa shape index (κ1) is 13.7. The number of amides is 1. The number of carbonyl (C=O) groups excluding carboxylic acids is 1. The van der Waals surface area contributed by atoms with Gasteiger partial charge in [-0.3, -0.25) is 4.79 Å². The van der Waals surface area contributed by atoms with Crippen LogP contribution in [0.15, 0.2) is 37.0 Å². The summed E-state index contributed by atoms with van der Waals surface area (Å²) in [6.07, 6.45) is 8.53. The summed E-state index contributed by atoms with van der Waals surface area (Å²) < 4.78 is 0. The van der Waals surface area contributed by atoms with E-state index in [4.69, 9.17) is 4.79 Å². The molecule has 0 aromatic heterocycles. The van der Waals surface area contributed by atoms with Crippen LogP contribution < -0.4 is 11.1 Å². The minimum atomic E-state index is 0.250. The summed E-state index contributed by atoms with van der Waals surface area (Å²) in [6, 6.07) is 0. The number of nitrogens with one attached hydrogen (secondary N) is 1. The van der Waals surface area contributed by atoms with Crippen molar-refractivity contribution < 1.29 is 4.79 Å². The predicted molar refractivity (Wildman–Crippen MR) is 64.3 cm³/mol. The third-order valence-electron chi connectivity index (χ3n) is 2.31. The standard InChI is InChI=1S/C11H17N.CH3NO/c1-3-4-5-10(2)11-6-8-12-9-7-11;2-1-3/h3-5,11-12H,1-2,6-9H2;1H,(H2,2,3)/b5-4-;. The van der Waals surface area contributed by atoms with Crippen molar-refractivity contribution >= 4 is 6.41 Å². The topological polar surface area (TPSA) is 55.1 Å². The van der Waals surface area contributed by atoms with Gasteiger partial charge in [-0.2, -0.15) is 0 Å². The minimum absolute atomic E-state index is 0.250. The Bertz CT molecular complexity index is 228. The summed E-state index contributed by atoms with van der Waals surface area (Å²) in [6.45, 7) is 9.95. The van der Waals surface area contributed by atoms with Crippen LogP contribution >= 0.6 is 0 Å². The molecular weight excluding hydrogens is 188 g/mol. The average molecular weight is 208 g/mol. The molecule has 1 fully saturated rings. The molecule has 0 spiro atoms. The van der Waals surface area contributed by atoms with Crippen molar-refractivity contribution in [3.8, 4) is 0 Å². The van der Waals surface area contributed by atoms with E-state index in [1.807, 2.05) is 6.08 Å². The molecule has 0 aromatic carbocycles. The summed E-state index contributed by atoms with van der Waals surface area (Å²) in [5, 5.41) is 3.34. The highest BCUT2D eigenvalue weighted by atomic mass is 16.1. The number of hydrogen-bond donors (Lipinski definition) is 2. The molecule has 3 heteroatoms. The van der Waals surface area contributed by atoms with E-state index in [2.05, 4.69) is 30.3 Å². The molecule has 0 radical (unpaired) electrons. The van der Waals surface area contributed by atoms with E-state index in [9.17, 15) is 0 Å². The Balaban J connectivity index is 0.000000583. The number of rotatable bonds is 3. The van der Waals surface area contributed by atoms with E-state index < -0.39 is 0 Å². The van der Waals surface area contributed by atoms with Crippen molar-refractivity contribution in [2.24, 2.45) is 11.7 Å². The van der Waals surface area contributed by atoms with Gasteiger partial charge in [0, 0.05) is 0 Å². The van der Waals surface area contributed by atoms with Crippen LogP contribution in [0, 0.1) is 5.92 Å². The lowest BCUT2D eigenvalue weighted by Gasteiger charge is -2.22. The lowest BCUT2D eigenvalue weighted by Crippen LogP contribution is -2.28. The molecule has 1 aliphatic heterocycles. The molecule has 84 valence electrons. The summed E-state index contributed by atoms with van der Waals surface area (Å²) in [5.74, 6) is 0.683. The fourth-order valence-electron chi connectivity index (χ4n) is 1.52. The molecule has 1 saturated heterocycles. The third kappa shape index (κ3) is 6.69. The fraction of sp³-hybridized carbons (Fsp3) is 0.417. The quantitative estimate of drug-likeness (QED) is 0.544. The van der Waals surface area contributed by atoms with Crippen molar-refractivity contribution in [3.05, 3.63) is 37.0 Å². The molecule has 1 heterocycles. The molecule has 0 aromatic rings. The van der Waals surface area contributed by atoms with E-state index in [-0.39, 0.29) is 6.41 Å². The van der Waals surface area contributed by atoms with Crippen LogP contribution in [0.5, 0.6) is 0 Å². The second kappa shape index (κ2) is 9.21. The minimum Gasteiger partial charge on any atom is -0.372 e. The van der Waals surface area contributed by atoms with Crippen molar-refractivity contribution in [1.29, 1.82) is 0 Å². The molecule has 3 N–H and O–H groups in total.